The summed E-state index contributed by atoms with van der Waals surface area (Å²) < 4.78 is 0. The van der Waals surface area contributed by atoms with Crippen LogP contribution in [0.2, 0.25) is 0 Å². The number of carbonyl (C=O) groups excluding carboxylic acids is 1. The largest absolute Gasteiger partial charge is 0.349 e. The maximum atomic E-state index is 11.8. The van der Waals surface area contributed by atoms with Gasteiger partial charge in [0.1, 0.15) is 5.82 Å². The van der Waals surface area contributed by atoms with Crippen molar-refractivity contribution in [1.82, 2.24) is 20.5 Å². The van der Waals surface area contributed by atoms with E-state index in [4.69, 9.17) is 0 Å². The fourth-order valence-corrected chi connectivity index (χ4v) is 1.46. The molecule has 5 heteroatoms. The van der Waals surface area contributed by atoms with Crippen LogP contribution in [-0.2, 0) is 5.41 Å². The zero-order valence-corrected chi connectivity index (χ0v) is 10.9. The van der Waals surface area contributed by atoms with Crippen LogP contribution in [0.1, 0.15) is 57.0 Å². The van der Waals surface area contributed by atoms with Crippen molar-refractivity contribution < 1.29 is 4.79 Å². The van der Waals surface area contributed by atoms with Gasteiger partial charge in [-0.1, -0.05) is 27.7 Å². The summed E-state index contributed by atoms with van der Waals surface area (Å²) in [5.41, 5.74) is 0.187. The van der Waals surface area contributed by atoms with Crippen molar-refractivity contribution >= 4 is 5.91 Å². The molecule has 94 valence electrons. The molecule has 1 fully saturated rings. The van der Waals surface area contributed by atoms with Crippen molar-refractivity contribution in [3.63, 3.8) is 0 Å². The quantitative estimate of drug-likeness (QED) is 0.838. The Hall–Kier alpha value is -1.39. The number of rotatable bonds is 3. The third-order valence-corrected chi connectivity index (χ3v) is 3.18. The summed E-state index contributed by atoms with van der Waals surface area (Å²) in [7, 11) is 0. The van der Waals surface area contributed by atoms with Gasteiger partial charge in [0.15, 0.2) is 0 Å². The van der Waals surface area contributed by atoms with Crippen LogP contribution in [-0.4, -0.2) is 27.6 Å². The Bertz CT molecular complexity index is 426. The highest BCUT2D eigenvalue weighted by atomic mass is 16.2. The topological polar surface area (TPSA) is 70.7 Å². The lowest BCUT2D eigenvalue weighted by Crippen LogP contribution is -2.29. The minimum atomic E-state index is -0.190. The van der Waals surface area contributed by atoms with Gasteiger partial charge in [-0.05, 0) is 18.3 Å². The molecule has 1 heterocycles. The van der Waals surface area contributed by atoms with Gasteiger partial charge in [-0.3, -0.25) is 9.89 Å². The molecule has 0 aliphatic heterocycles. The van der Waals surface area contributed by atoms with Gasteiger partial charge in [-0.2, -0.15) is 0 Å². The highest BCUT2D eigenvalue weighted by molar-refractivity contribution is 5.90. The second kappa shape index (κ2) is 3.82. The molecule has 17 heavy (non-hydrogen) atoms. The summed E-state index contributed by atoms with van der Waals surface area (Å²) in [6, 6.07) is 0. The van der Waals surface area contributed by atoms with E-state index in [9.17, 15) is 4.79 Å². The van der Waals surface area contributed by atoms with E-state index >= 15 is 0 Å². The molecule has 2 rings (SSSR count). The summed E-state index contributed by atoms with van der Waals surface area (Å²) in [5, 5.41) is 9.66. The Kier molecular flexibility index (Phi) is 2.72. The highest BCUT2D eigenvalue weighted by Gasteiger charge is 2.37. The predicted molar refractivity (Wildman–Crippen MR) is 64.8 cm³/mol. The van der Waals surface area contributed by atoms with Crippen molar-refractivity contribution in [2.75, 3.05) is 6.54 Å². The number of nitrogens with zero attached hydrogens (tertiary/aromatic N) is 2. The van der Waals surface area contributed by atoms with E-state index in [0.717, 1.165) is 5.82 Å². The van der Waals surface area contributed by atoms with Crippen LogP contribution in [0.15, 0.2) is 0 Å². The van der Waals surface area contributed by atoms with Crippen molar-refractivity contribution in [1.29, 1.82) is 0 Å². The van der Waals surface area contributed by atoms with Gasteiger partial charge in [0.25, 0.3) is 5.91 Å². The number of nitrogens with one attached hydrogen (secondary N) is 2. The minimum absolute atomic E-state index is 0.117. The molecule has 1 saturated carbocycles. The van der Waals surface area contributed by atoms with Gasteiger partial charge in [-0.15, -0.1) is 5.10 Å². The number of hydrogen-bond donors (Lipinski definition) is 2. The van der Waals surface area contributed by atoms with E-state index in [2.05, 4.69) is 27.4 Å². The standard InChI is InChI=1S/C12H20N4O/c1-11(2,3)10-14-8(15-16-10)9(17)13-7-12(4)5-6-12/h5-7H2,1-4H3,(H,13,17)(H,14,15,16). The lowest BCUT2D eigenvalue weighted by atomic mass is 9.96. The molecule has 0 atom stereocenters. The Labute approximate surface area is 101 Å². The Morgan fingerprint density at radius 2 is 2.12 bits per heavy atom. The highest BCUT2D eigenvalue weighted by Crippen LogP contribution is 2.44. The lowest BCUT2D eigenvalue weighted by molar-refractivity contribution is 0.0936. The third-order valence-electron chi connectivity index (χ3n) is 3.18. The number of H-pyrrole nitrogens is 1. The first-order valence-corrected chi connectivity index (χ1v) is 6.01. The Morgan fingerprint density at radius 3 is 2.59 bits per heavy atom. The van der Waals surface area contributed by atoms with Gasteiger partial charge in [0, 0.05) is 12.0 Å². The monoisotopic (exact) mass is 236 g/mol. The maximum Gasteiger partial charge on any atom is 0.290 e. The van der Waals surface area contributed by atoms with Crippen LogP contribution in [0.4, 0.5) is 0 Å². The summed E-state index contributed by atoms with van der Waals surface area (Å²) >= 11 is 0. The molecular weight excluding hydrogens is 216 g/mol. The van der Waals surface area contributed by atoms with E-state index < -0.39 is 0 Å². The molecule has 0 saturated heterocycles. The molecule has 1 amide bonds. The van der Waals surface area contributed by atoms with Crippen LogP contribution >= 0.6 is 0 Å². The molecule has 0 spiro atoms. The zero-order valence-electron chi connectivity index (χ0n) is 10.9. The smallest absolute Gasteiger partial charge is 0.290 e. The van der Waals surface area contributed by atoms with E-state index in [1.54, 1.807) is 0 Å². The van der Waals surface area contributed by atoms with Crippen LogP contribution < -0.4 is 5.32 Å². The van der Waals surface area contributed by atoms with Crippen LogP contribution in [0.5, 0.6) is 0 Å². The molecule has 0 aromatic carbocycles. The summed E-state index contributed by atoms with van der Waals surface area (Å²) in [4.78, 5) is 16.0. The van der Waals surface area contributed by atoms with E-state index in [1.165, 1.54) is 12.8 Å². The maximum absolute atomic E-state index is 11.8. The van der Waals surface area contributed by atoms with Gasteiger partial charge in [0.05, 0.1) is 0 Å². The van der Waals surface area contributed by atoms with E-state index in [-0.39, 0.29) is 17.1 Å². The average Bonchev–Trinajstić information content (AvgIpc) is 2.79. The fraction of sp³-hybridized carbons (Fsp3) is 0.750. The first kappa shape index (κ1) is 12.1. The molecule has 2 N–H and O–H groups in total. The molecule has 1 aliphatic rings. The molecule has 1 aromatic rings. The molecule has 0 radical (unpaired) electrons. The summed E-state index contributed by atoms with van der Waals surface area (Å²) in [6.45, 7) is 8.97. The molecule has 1 aliphatic carbocycles. The fourth-order valence-electron chi connectivity index (χ4n) is 1.46. The predicted octanol–water partition coefficient (Wildman–Crippen LogP) is 1.63. The van der Waals surface area contributed by atoms with E-state index in [1.807, 2.05) is 20.8 Å². The normalized spacial score (nSPS) is 17.9. The number of aromatic nitrogens is 3. The second-order valence-electron chi connectivity index (χ2n) is 6.25. The van der Waals surface area contributed by atoms with Crippen LogP contribution in [0.25, 0.3) is 0 Å². The third kappa shape index (κ3) is 2.84. The van der Waals surface area contributed by atoms with Crippen molar-refractivity contribution in [2.24, 2.45) is 5.41 Å². The Balaban J connectivity index is 1.97. The number of aromatic amines is 1. The molecule has 0 unspecified atom stereocenters. The minimum Gasteiger partial charge on any atom is -0.349 e. The zero-order chi connectivity index (χ0) is 12.7. The molecular formula is C12H20N4O. The number of carbonyl (C=O) groups is 1. The van der Waals surface area contributed by atoms with Crippen LogP contribution in [0, 0.1) is 5.41 Å². The molecule has 5 nitrogen and oxygen atoms in total. The van der Waals surface area contributed by atoms with Gasteiger partial charge < -0.3 is 5.32 Å². The van der Waals surface area contributed by atoms with Crippen LogP contribution in [0.3, 0.4) is 0 Å². The van der Waals surface area contributed by atoms with Crippen molar-refractivity contribution in [3.8, 4) is 0 Å². The van der Waals surface area contributed by atoms with Crippen molar-refractivity contribution in [3.05, 3.63) is 11.6 Å². The van der Waals surface area contributed by atoms with Gasteiger partial charge >= 0.3 is 0 Å². The Morgan fingerprint density at radius 1 is 1.47 bits per heavy atom. The SMILES string of the molecule is CC1(CNC(=O)c2n[nH]c(C(C)(C)C)n2)CC1. The summed E-state index contributed by atoms with van der Waals surface area (Å²) in [6.07, 6.45) is 2.38. The molecule has 0 bridgehead atoms. The number of amides is 1. The average molecular weight is 236 g/mol. The summed E-state index contributed by atoms with van der Waals surface area (Å²) in [5.74, 6) is 0.782. The second-order valence-corrected chi connectivity index (χ2v) is 6.25. The number of hydrogen-bond acceptors (Lipinski definition) is 3. The first-order chi connectivity index (χ1) is 7.80. The van der Waals surface area contributed by atoms with Crippen molar-refractivity contribution in [2.45, 2.75) is 46.0 Å². The van der Waals surface area contributed by atoms with Gasteiger partial charge in [-0.25, -0.2) is 4.98 Å². The lowest BCUT2D eigenvalue weighted by Gasteiger charge is -2.12. The first-order valence-electron chi connectivity index (χ1n) is 6.01. The van der Waals surface area contributed by atoms with Gasteiger partial charge in [0.2, 0.25) is 5.82 Å². The van der Waals surface area contributed by atoms with E-state index in [0.29, 0.717) is 12.0 Å². The molecule has 1 aromatic heterocycles.